The molecule has 0 amide bonds. The molecule has 17 heavy (non-hydrogen) atoms. The fourth-order valence-electron chi connectivity index (χ4n) is 3.06. The van der Waals surface area contributed by atoms with E-state index in [1.807, 2.05) is 7.11 Å². The summed E-state index contributed by atoms with van der Waals surface area (Å²) in [7, 11) is 1.83. The van der Waals surface area contributed by atoms with Gasteiger partial charge in [0.25, 0.3) is 0 Å². The van der Waals surface area contributed by atoms with Crippen molar-refractivity contribution < 1.29 is 9.47 Å². The molecule has 1 aliphatic heterocycles. The SMILES string of the molecule is CCN(CC)C[C@@H]1[C@H](C)O[C@@H](C)C[C@@]1(C)OC. The van der Waals surface area contributed by atoms with Crippen LogP contribution in [-0.2, 0) is 9.47 Å². The van der Waals surface area contributed by atoms with Gasteiger partial charge < -0.3 is 14.4 Å². The molecule has 0 aromatic carbocycles. The average Bonchev–Trinajstić information content (AvgIpc) is 2.28. The van der Waals surface area contributed by atoms with Gasteiger partial charge in [0.1, 0.15) is 0 Å². The highest BCUT2D eigenvalue weighted by molar-refractivity contribution is 4.94. The summed E-state index contributed by atoms with van der Waals surface area (Å²) in [6, 6.07) is 0. The molecule has 1 fully saturated rings. The Morgan fingerprint density at radius 3 is 2.35 bits per heavy atom. The molecule has 3 nitrogen and oxygen atoms in total. The molecule has 1 rings (SSSR count). The lowest BCUT2D eigenvalue weighted by molar-refractivity contribution is -0.185. The van der Waals surface area contributed by atoms with Crippen LogP contribution in [0.15, 0.2) is 0 Å². The average molecular weight is 243 g/mol. The summed E-state index contributed by atoms with van der Waals surface area (Å²) in [5.41, 5.74) is -0.0559. The highest BCUT2D eigenvalue weighted by atomic mass is 16.5. The van der Waals surface area contributed by atoms with Crippen LogP contribution in [0, 0.1) is 5.92 Å². The Morgan fingerprint density at radius 1 is 1.29 bits per heavy atom. The molecule has 0 aliphatic carbocycles. The monoisotopic (exact) mass is 243 g/mol. The summed E-state index contributed by atoms with van der Waals surface area (Å²) in [6.07, 6.45) is 1.55. The summed E-state index contributed by atoms with van der Waals surface area (Å²) in [4.78, 5) is 2.46. The molecule has 0 aromatic heterocycles. The van der Waals surface area contributed by atoms with E-state index in [0.717, 1.165) is 26.1 Å². The largest absolute Gasteiger partial charge is 0.378 e. The minimum atomic E-state index is -0.0559. The fraction of sp³-hybridized carbons (Fsp3) is 1.00. The summed E-state index contributed by atoms with van der Waals surface area (Å²) >= 11 is 0. The molecule has 1 saturated heterocycles. The van der Waals surface area contributed by atoms with Gasteiger partial charge in [0.05, 0.1) is 17.8 Å². The molecule has 0 radical (unpaired) electrons. The Bertz CT molecular complexity index is 230. The molecular weight excluding hydrogens is 214 g/mol. The molecular formula is C14H29NO2. The van der Waals surface area contributed by atoms with E-state index in [1.165, 1.54) is 0 Å². The molecule has 3 heteroatoms. The van der Waals surface area contributed by atoms with Gasteiger partial charge in [-0.05, 0) is 33.9 Å². The molecule has 0 N–H and O–H groups in total. The van der Waals surface area contributed by atoms with Crippen LogP contribution in [0.2, 0.25) is 0 Å². The predicted octanol–water partition coefficient (Wildman–Crippen LogP) is 2.55. The third-order valence-corrected chi connectivity index (χ3v) is 4.31. The van der Waals surface area contributed by atoms with Crippen LogP contribution in [-0.4, -0.2) is 49.5 Å². The normalized spacial score (nSPS) is 38.6. The van der Waals surface area contributed by atoms with Crippen LogP contribution < -0.4 is 0 Å². The first-order valence-corrected chi connectivity index (χ1v) is 6.89. The van der Waals surface area contributed by atoms with Crippen molar-refractivity contribution in [3.8, 4) is 0 Å². The second-order valence-electron chi connectivity index (χ2n) is 5.47. The number of methoxy groups -OCH3 is 1. The minimum absolute atomic E-state index is 0.0559. The lowest BCUT2D eigenvalue weighted by atomic mass is 9.78. The zero-order valence-corrected chi connectivity index (χ0v) is 12.3. The lowest BCUT2D eigenvalue weighted by Crippen LogP contribution is -2.55. The Hall–Kier alpha value is -0.120. The quantitative estimate of drug-likeness (QED) is 0.740. The molecule has 0 unspecified atom stereocenters. The van der Waals surface area contributed by atoms with Crippen LogP contribution >= 0.6 is 0 Å². The molecule has 0 aromatic rings. The first kappa shape index (κ1) is 14.9. The highest BCUT2D eigenvalue weighted by Gasteiger charge is 2.44. The van der Waals surface area contributed by atoms with Gasteiger partial charge in [-0.3, -0.25) is 0 Å². The highest BCUT2D eigenvalue weighted by Crippen LogP contribution is 2.37. The maximum absolute atomic E-state index is 5.98. The van der Waals surface area contributed by atoms with E-state index in [4.69, 9.17) is 9.47 Å². The van der Waals surface area contributed by atoms with Crippen molar-refractivity contribution in [2.75, 3.05) is 26.7 Å². The van der Waals surface area contributed by atoms with Crippen molar-refractivity contribution in [2.45, 2.75) is 58.8 Å². The van der Waals surface area contributed by atoms with Crippen molar-refractivity contribution >= 4 is 0 Å². The van der Waals surface area contributed by atoms with Crippen LogP contribution in [0.25, 0.3) is 0 Å². The maximum Gasteiger partial charge on any atom is 0.0740 e. The van der Waals surface area contributed by atoms with E-state index in [9.17, 15) is 0 Å². The Balaban J connectivity index is 2.77. The smallest absolute Gasteiger partial charge is 0.0740 e. The zero-order valence-electron chi connectivity index (χ0n) is 12.3. The van der Waals surface area contributed by atoms with Crippen LogP contribution in [0.3, 0.4) is 0 Å². The number of nitrogens with zero attached hydrogens (tertiary/aromatic N) is 1. The third kappa shape index (κ3) is 3.43. The maximum atomic E-state index is 5.98. The van der Waals surface area contributed by atoms with Gasteiger partial charge in [0.15, 0.2) is 0 Å². The van der Waals surface area contributed by atoms with Gasteiger partial charge in [-0.25, -0.2) is 0 Å². The van der Waals surface area contributed by atoms with Gasteiger partial charge in [-0.15, -0.1) is 0 Å². The van der Waals surface area contributed by atoms with Crippen molar-refractivity contribution in [1.82, 2.24) is 4.90 Å². The van der Waals surface area contributed by atoms with Gasteiger partial charge in [-0.2, -0.15) is 0 Å². The Labute approximate surface area is 106 Å². The molecule has 0 saturated carbocycles. The number of hydrogen-bond acceptors (Lipinski definition) is 3. The Morgan fingerprint density at radius 2 is 1.88 bits per heavy atom. The zero-order chi connectivity index (χ0) is 13.1. The van der Waals surface area contributed by atoms with Crippen LogP contribution in [0.1, 0.15) is 41.0 Å². The summed E-state index contributed by atoms with van der Waals surface area (Å²) in [5, 5.41) is 0. The van der Waals surface area contributed by atoms with Gasteiger partial charge >= 0.3 is 0 Å². The van der Waals surface area contributed by atoms with E-state index in [-0.39, 0.29) is 11.7 Å². The molecule has 0 bridgehead atoms. The fourth-order valence-corrected chi connectivity index (χ4v) is 3.06. The van der Waals surface area contributed by atoms with E-state index in [2.05, 4.69) is 39.5 Å². The lowest BCUT2D eigenvalue weighted by Gasteiger charge is -2.48. The van der Waals surface area contributed by atoms with Gasteiger partial charge in [-0.1, -0.05) is 13.8 Å². The van der Waals surface area contributed by atoms with E-state index >= 15 is 0 Å². The molecule has 1 aliphatic rings. The summed E-state index contributed by atoms with van der Waals surface area (Å²) in [6.45, 7) is 14.2. The van der Waals surface area contributed by atoms with E-state index in [1.54, 1.807) is 0 Å². The number of hydrogen-bond donors (Lipinski definition) is 0. The molecule has 4 atom stereocenters. The van der Waals surface area contributed by atoms with Crippen molar-refractivity contribution in [3.63, 3.8) is 0 Å². The topological polar surface area (TPSA) is 21.7 Å². The van der Waals surface area contributed by atoms with Gasteiger partial charge in [0, 0.05) is 26.0 Å². The number of ether oxygens (including phenoxy) is 2. The van der Waals surface area contributed by atoms with E-state index in [0.29, 0.717) is 12.0 Å². The second kappa shape index (κ2) is 6.17. The summed E-state index contributed by atoms with van der Waals surface area (Å²) < 4.78 is 11.8. The van der Waals surface area contributed by atoms with Crippen molar-refractivity contribution in [2.24, 2.45) is 5.92 Å². The molecule has 102 valence electrons. The predicted molar refractivity (Wildman–Crippen MR) is 71.3 cm³/mol. The standard InChI is InChI=1S/C14H29NO2/c1-7-15(8-2)10-13-12(4)17-11(3)9-14(13,5)16-6/h11-13H,7-10H2,1-6H3/t11-,12-,13+,14+/m0/s1. The molecule has 1 heterocycles. The Kier molecular flexibility index (Phi) is 5.42. The third-order valence-electron chi connectivity index (χ3n) is 4.31. The van der Waals surface area contributed by atoms with Crippen molar-refractivity contribution in [3.05, 3.63) is 0 Å². The molecule has 0 spiro atoms. The van der Waals surface area contributed by atoms with E-state index < -0.39 is 0 Å². The van der Waals surface area contributed by atoms with Crippen molar-refractivity contribution in [1.29, 1.82) is 0 Å². The number of rotatable bonds is 5. The summed E-state index contributed by atoms with van der Waals surface area (Å²) in [5.74, 6) is 0.448. The minimum Gasteiger partial charge on any atom is -0.378 e. The van der Waals surface area contributed by atoms with Crippen LogP contribution in [0.5, 0.6) is 0 Å². The van der Waals surface area contributed by atoms with Gasteiger partial charge in [0.2, 0.25) is 0 Å². The van der Waals surface area contributed by atoms with Crippen LogP contribution in [0.4, 0.5) is 0 Å². The second-order valence-corrected chi connectivity index (χ2v) is 5.47. The first-order chi connectivity index (χ1) is 7.96. The first-order valence-electron chi connectivity index (χ1n) is 6.89.